The number of fused-ring (bicyclic) bond motifs is 1. The molecule has 1 amide bonds. The van der Waals surface area contributed by atoms with Crippen LogP contribution in [0.15, 0.2) is 82.1 Å². The van der Waals surface area contributed by atoms with Crippen LogP contribution in [0.5, 0.6) is 0 Å². The third kappa shape index (κ3) is 4.39. The van der Waals surface area contributed by atoms with Crippen LogP contribution in [-0.4, -0.2) is 26.9 Å². The van der Waals surface area contributed by atoms with Gasteiger partial charge in [-0.25, -0.2) is 4.98 Å². The fourth-order valence-corrected chi connectivity index (χ4v) is 4.39. The number of carbonyl (C=O) groups excluding carboxylic acids is 1. The zero-order valence-corrected chi connectivity index (χ0v) is 19.0. The summed E-state index contributed by atoms with van der Waals surface area (Å²) in [5.74, 6) is 0.448. The molecule has 0 radical (unpaired) electrons. The van der Waals surface area contributed by atoms with Gasteiger partial charge >= 0.3 is 0 Å². The molecule has 4 rings (SSSR count). The van der Waals surface area contributed by atoms with E-state index in [4.69, 9.17) is 16.6 Å². The van der Waals surface area contributed by atoms with Crippen LogP contribution in [0.3, 0.4) is 0 Å². The first-order valence-electron chi connectivity index (χ1n) is 10.8. The molecule has 1 aromatic heterocycles. The van der Waals surface area contributed by atoms with Crippen molar-refractivity contribution in [2.75, 3.05) is 6.54 Å². The van der Waals surface area contributed by atoms with E-state index in [9.17, 15) is 9.59 Å². The lowest BCUT2D eigenvalue weighted by atomic mass is 10.0. The Balaban J connectivity index is 1.74. The summed E-state index contributed by atoms with van der Waals surface area (Å²) in [6.07, 6.45) is 5.85. The van der Waals surface area contributed by atoms with E-state index < -0.39 is 6.04 Å². The van der Waals surface area contributed by atoms with Gasteiger partial charge < -0.3 is 4.90 Å². The molecule has 0 saturated heterocycles. The lowest BCUT2D eigenvalue weighted by Gasteiger charge is -2.31. The highest BCUT2D eigenvalue weighted by atomic mass is 35.5. The summed E-state index contributed by atoms with van der Waals surface area (Å²) in [6, 6.07) is 16.9. The van der Waals surface area contributed by atoms with Gasteiger partial charge in [0.15, 0.2) is 0 Å². The third-order valence-corrected chi connectivity index (χ3v) is 6.33. The summed E-state index contributed by atoms with van der Waals surface area (Å²) in [5.41, 5.74) is 2.26. The molecule has 3 aromatic rings. The molecule has 1 aliphatic rings. The van der Waals surface area contributed by atoms with Gasteiger partial charge in [-0.3, -0.25) is 14.2 Å². The van der Waals surface area contributed by atoms with Gasteiger partial charge in [-0.1, -0.05) is 60.1 Å². The van der Waals surface area contributed by atoms with Gasteiger partial charge in [0.2, 0.25) is 0 Å². The molecule has 164 valence electrons. The predicted octanol–water partition coefficient (Wildman–Crippen LogP) is 4.91. The predicted molar refractivity (Wildman–Crippen MR) is 129 cm³/mol. The number of nitrogens with zero attached hydrogens (tertiary/aromatic N) is 3. The molecule has 0 saturated carbocycles. The number of hydrogen-bond acceptors (Lipinski definition) is 3. The number of rotatable bonds is 6. The van der Waals surface area contributed by atoms with Crippen molar-refractivity contribution in [3.63, 3.8) is 0 Å². The van der Waals surface area contributed by atoms with Crippen LogP contribution in [0.4, 0.5) is 0 Å². The molecule has 0 bridgehead atoms. The lowest BCUT2D eigenvalue weighted by Crippen LogP contribution is -2.39. The highest BCUT2D eigenvalue weighted by Gasteiger charge is 2.28. The van der Waals surface area contributed by atoms with Gasteiger partial charge in [-0.2, -0.15) is 0 Å². The van der Waals surface area contributed by atoms with E-state index in [0.717, 1.165) is 12.0 Å². The number of benzene rings is 2. The van der Waals surface area contributed by atoms with Gasteiger partial charge in [0.05, 0.1) is 16.9 Å². The quantitative estimate of drug-likeness (QED) is 0.539. The van der Waals surface area contributed by atoms with Crippen molar-refractivity contribution in [2.24, 2.45) is 7.05 Å². The van der Waals surface area contributed by atoms with Crippen LogP contribution in [-0.2, 0) is 18.3 Å². The number of aromatic nitrogens is 2. The first-order chi connectivity index (χ1) is 15.5. The number of halogens is 1. The number of carbonyl (C=O) groups is 1. The van der Waals surface area contributed by atoms with Crippen LogP contribution in [0.25, 0.3) is 10.9 Å². The summed E-state index contributed by atoms with van der Waals surface area (Å²) < 4.78 is 1.55. The van der Waals surface area contributed by atoms with E-state index >= 15 is 0 Å². The van der Waals surface area contributed by atoms with Crippen molar-refractivity contribution in [3.8, 4) is 0 Å². The topological polar surface area (TPSA) is 55.2 Å². The molecule has 32 heavy (non-hydrogen) atoms. The van der Waals surface area contributed by atoms with Crippen LogP contribution in [0.2, 0.25) is 0 Å². The molecule has 0 aliphatic heterocycles. The summed E-state index contributed by atoms with van der Waals surface area (Å²) in [6.45, 7) is 2.41. The minimum atomic E-state index is -0.406. The zero-order chi connectivity index (χ0) is 22.7. The van der Waals surface area contributed by atoms with Crippen LogP contribution in [0.1, 0.15) is 37.2 Å². The van der Waals surface area contributed by atoms with Crippen molar-refractivity contribution in [3.05, 3.63) is 99.1 Å². The third-order valence-electron chi connectivity index (χ3n) is 5.98. The average molecular weight is 448 g/mol. The Hall–Kier alpha value is -3.18. The average Bonchev–Trinajstić information content (AvgIpc) is 2.82. The number of amides is 1. The molecule has 0 fully saturated rings. The molecule has 5 nitrogen and oxygen atoms in total. The second-order valence-electron chi connectivity index (χ2n) is 8.03. The van der Waals surface area contributed by atoms with Gasteiger partial charge in [0.25, 0.3) is 11.5 Å². The minimum absolute atomic E-state index is 0.106. The Labute approximate surface area is 192 Å². The Morgan fingerprint density at radius 1 is 1.16 bits per heavy atom. The second kappa shape index (κ2) is 9.53. The molecule has 6 heteroatoms. The van der Waals surface area contributed by atoms with Crippen molar-refractivity contribution >= 4 is 28.4 Å². The van der Waals surface area contributed by atoms with Crippen molar-refractivity contribution in [1.29, 1.82) is 0 Å². The number of allylic oxidation sites excluding steroid dienone is 3. The summed E-state index contributed by atoms with van der Waals surface area (Å²) in [4.78, 5) is 33.2. The van der Waals surface area contributed by atoms with Gasteiger partial charge in [0.1, 0.15) is 5.82 Å². The molecular weight excluding hydrogens is 422 g/mol. The van der Waals surface area contributed by atoms with Gasteiger partial charge in [-0.15, -0.1) is 0 Å². The molecule has 2 aromatic carbocycles. The standard InChI is InChI=1S/C26H26ClN3O2/c1-18(24-28-23-15-9-7-13-21(23)25(31)29(24)2)30(17-16-19-10-4-3-5-11-19)26(32)20-12-6-8-14-22(20)27/h3-5,7-11,13-15,18H,6,12,16-17H2,1-2H3. The smallest absolute Gasteiger partial charge is 0.261 e. The maximum Gasteiger partial charge on any atom is 0.261 e. The molecular formula is C26H26ClN3O2. The van der Waals surface area contributed by atoms with E-state index in [0.29, 0.717) is 46.7 Å². The Morgan fingerprint density at radius 3 is 2.62 bits per heavy atom. The highest BCUT2D eigenvalue weighted by molar-refractivity contribution is 6.33. The first kappa shape index (κ1) is 22.0. The van der Waals surface area contributed by atoms with E-state index in [-0.39, 0.29) is 11.5 Å². The van der Waals surface area contributed by atoms with Crippen molar-refractivity contribution in [2.45, 2.75) is 32.2 Å². The highest BCUT2D eigenvalue weighted by Crippen LogP contribution is 2.28. The Kier molecular flexibility index (Phi) is 6.56. The van der Waals surface area contributed by atoms with Crippen molar-refractivity contribution < 1.29 is 4.79 Å². The number of hydrogen-bond donors (Lipinski definition) is 0. The molecule has 1 aliphatic carbocycles. The molecule has 1 unspecified atom stereocenters. The Bertz CT molecular complexity index is 1260. The van der Waals surface area contributed by atoms with Crippen LogP contribution >= 0.6 is 11.6 Å². The maximum atomic E-state index is 13.6. The van der Waals surface area contributed by atoms with Crippen LogP contribution in [0, 0.1) is 0 Å². The van der Waals surface area contributed by atoms with E-state index in [1.54, 1.807) is 28.7 Å². The maximum absolute atomic E-state index is 13.6. The lowest BCUT2D eigenvalue weighted by molar-refractivity contribution is -0.129. The second-order valence-corrected chi connectivity index (χ2v) is 8.44. The van der Waals surface area contributed by atoms with Crippen molar-refractivity contribution in [1.82, 2.24) is 14.5 Å². The summed E-state index contributed by atoms with van der Waals surface area (Å²) in [5, 5.41) is 1.05. The number of para-hydroxylation sites is 1. The normalized spacial score (nSPS) is 14.6. The zero-order valence-electron chi connectivity index (χ0n) is 18.3. The first-order valence-corrected chi connectivity index (χ1v) is 11.2. The SMILES string of the molecule is CC(c1nc2ccccc2c(=O)n1C)N(CCc1ccccc1)C(=O)C1=C(Cl)C=CCC1. The van der Waals surface area contributed by atoms with Crippen LogP contribution < -0.4 is 5.56 Å². The monoisotopic (exact) mass is 447 g/mol. The van der Waals surface area contributed by atoms with Gasteiger partial charge in [0, 0.05) is 24.2 Å². The fourth-order valence-electron chi connectivity index (χ4n) is 4.13. The summed E-state index contributed by atoms with van der Waals surface area (Å²) >= 11 is 6.40. The molecule has 1 heterocycles. The van der Waals surface area contributed by atoms with E-state index in [2.05, 4.69) is 0 Å². The Morgan fingerprint density at radius 2 is 1.88 bits per heavy atom. The molecule has 0 spiro atoms. The minimum Gasteiger partial charge on any atom is -0.329 e. The van der Waals surface area contributed by atoms with E-state index in [1.165, 1.54) is 0 Å². The summed E-state index contributed by atoms with van der Waals surface area (Å²) in [7, 11) is 1.71. The largest absolute Gasteiger partial charge is 0.329 e. The fraction of sp³-hybridized carbons (Fsp3) is 0.269. The molecule has 0 N–H and O–H groups in total. The van der Waals surface area contributed by atoms with E-state index in [1.807, 2.05) is 61.5 Å². The molecule has 1 atom stereocenters. The van der Waals surface area contributed by atoms with Gasteiger partial charge in [-0.05, 0) is 50.0 Å².